The summed E-state index contributed by atoms with van der Waals surface area (Å²) in [5, 5.41) is 4.34. The number of imide groups is 1. The van der Waals surface area contributed by atoms with Gasteiger partial charge in [-0.1, -0.05) is 36.4 Å². The molecular weight excluding hydrogens is 320 g/mol. The van der Waals surface area contributed by atoms with Crippen molar-refractivity contribution >= 4 is 23.7 Å². The molecule has 3 rings (SSSR count). The van der Waals surface area contributed by atoms with Gasteiger partial charge in [0.25, 0.3) is 0 Å². The minimum Gasteiger partial charge on any atom is -0.341 e. The molecular formula is C19H20N2O2S. The van der Waals surface area contributed by atoms with E-state index in [1.54, 1.807) is 0 Å². The van der Waals surface area contributed by atoms with Crippen LogP contribution in [0.15, 0.2) is 53.4 Å². The smallest absolute Gasteiger partial charge is 0.321 e. The minimum atomic E-state index is -0.490. The number of hydrogen-bond acceptors (Lipinski definition) is 3. The number of benzene rings is 2. The highest BCUT2D eigenvalue weighted by Gasteiger charge is 2.24. The van der Waals surface area contributed by atoms with Gasteiger partial charge in [-0.05, 0) is 48.1 Å². The lowest BCUT2D eigenvalue weighted by atomic mass is 10.1. The number of urea groups is 1. The van der Waals surface area contributed by atoms with E-state index in [-0.39, 0.29) is 5.91 Å². The molecule has 0 aliphatic heterocycles. The lowest BCUT2D eigenvalue weighted by molar-refractivity contribution is -0.119. The average molecular weight is 340 g/mol. The Morgan fingerprint density at radius 1 is 1.04 bits per heavy atom. The Morgan fingerprint density at radius 3 is 2.54 bits per heavy atom. The highest BCUT2D eigenvalue weighted by molar-refractivity contribution is 8.00. The molecule has 24 heavy (non-hydrogen) atoms. The summed E-state index contributed by atoms with van der Waals surface area (Å²) in [5.41, 5.74) is 3.66. The third-order valence-corrected chi connectivity index (χ3v) is 5.38. The molecule has 124 valence electrons. The number of fused-ring (bicyclic) bond motifs is 1. The largest absolute Gasteiger partial charge is 0.341 e. The molecule has 0 fully saturated rings. The molecule has 0 aromatic heterocycles. The first kappa shape index (κ1) is 16.6. The second-order valence-electron chi connectivity index (χ2n) is 5.76. The highest BCUT2D eigenvalue weighted by atomic mass is 32.2. The Balaban J connectivity index is 1.84. The molecule has 0 unspecified atom stereocenters. The van der Waals surface area contributed by atoms with Crippen molar-refractivity contribution in [3.8, 4) is 0 Å². The number of carbonyl (C=O) groups is 2. The van der Waals surface area contributed by atoms with Gasteiger partial charge in [0.1, 0.15) is 5.25 Å². The first-order valence-electron chi connectivity index (χ1n) is 8.03. The zero-order chi connectivity index (χ0) is 16.9. The van der Waals surface area contributed by atoms with Crippen LogP contribution in [0.3, 0.4) is 0 Å². The van der Waals surface area contributed by atoms with Gasteiger partial charge in [0.05, 0.1) is 0 Å². The van der Waals surface area contributed by atoms with Gasteiger partial charge in [0.15, 0.2) is 0 Å². The Hall–Kier alpha value is -2.27. The van der Waals surface area contributed by atoms with E-state index in [4.69, 9.17) is 0 Å². The molecule has 0 spiro atoms. The fraction of sp³-hybridized carbons (Fsp3) is 0.263. The number of aryl methyl sites for hydroxylation is 2. The summed E-state index contributed by atoms with van der Waals surface area (Å²) in [4.78, 5) is 25.1. The number of carbonyl (C=O) groups excluding carboxylic acids is 2. The Kier molecular flexibility index (Phi) is 5.20. The summed E-state index contributed by atoms with van der Waals surface area (Å²) in [6, 6.07) is 15.4. The molecule has 2 N–H and O–H groups in total. The normalized spacial score (nSPS) is 13.9. The fourth-order valence-electron chi connectivity index (χ4n) is 2.90. The van der Waals surface area contributed by atoms with Crippen LogP contribution in [0.25, 0.3) is 0 Å². The predicted molar refractivity (Wildman–Crippen MR) is 96.1 cm³/mol. The van der Waals surface area contributed by atoms with Crippen molar-refractivity contribution in [1.29, 1.82) is 0 Å². The molecule has 0 radical (unpaired) electrons. The van der Waals surface area contributed by atoms with Gasteiger partial charge >= 0.3 is 6.03 Å². The molecule has 0 saturated carbocycles. The van der Waals surface area contributed by atoms with Crippen molar-refractivity contribution in [3.63, 3.8) is 0 Å². The van der Waals surface area contributed by atoms with Crippen molar-refractivity contribution in [2.24, 2.45) is 0 Å². The van der Waals surface area contributed by atoms with Crippen LogP contribution >= 0.6 is 11.8 Å². The zero-order valence-corrected chi connectivity index (χ0v) is 14.4. The Labute approximate surface area is 146 Å². The Bertz CT molecular complexity index is 746. The van der Waals surface area contributed by atoms with Crippen LogP contribution in [-0.4, -0.2) is 19.0 Å². The highest BCUT2D eigenvalue weighted by Crippen LogP contribution is 2.37. The van der Waals surface area contributed by atoms with E-state index in [2.05, 4.69) is 28.8 Å². The van der Waals surface area contributed by atoms with Crippen molar-refractivity contribution in [1.82, 2.24) is 10.6 Å². The second-order valence-corrected chi connectivity index (χ2v) is 6.94. The van der Waals surface area contributed by atoms with Crippen molar-refractivity contribution in [2.75, 3.05) is 7.05 Å². The third kappa shape index (κ3) is 3.79. The summed E-state index contributed by atoms with van der Waals surface area (Å²) in [5.74, 6) is -0.314. The van der Waals surface area contributed by atoms with Gasteiger partial charge in [-0.15, -0.1) is 11.8 Å². The van der Waals surface area contributed by atoms with E-state index < -0.39 is 11.3 Å². The maximum absolute atomic E-state index is 12.6. The molecule has 0 heterocycles. The Morgan fingerprint density at radius 2 is 1.79 bits per heavy atom. The zero-order valence-electron chi connectivity index (χ0n) is 13.5. The van der Waals surface area contributed by atoms with Gasteiger partial charge in [0, 0.05) is 11.9 Å². The number of thioether (sulfide) groups is 1. The summed E-state index contributed by atoms with van der Waals surface area (Å²) in [6.45, 7) is 0. The number of rotatable bonds is 4. The molecule has 2 aromatic rings. The molecule has 1 aliphatic carbocycles. The van der Waals surface area contributed by atoms with Crippen LogP contribution in [0.1, 0.15) is 28.4 Å². The molecule has 0 bridgehead atoms. The molecule has 0 saturated heterocycles. The standard InChI is InChI=1S/C19H20N2O2S/c1-20-19(23)21-18(22)17(14-6-3-2-4-7-14)24-16-11-10-13-8-5-9-15(13)12-16/h2-4,6-7,10-12,17H,5,8-9H2,1H3,(H2,20,21,22,23)/t17-/m0/s1. The quantitative estimate of drug-likeness (QED) is 0.838. The van der Waals surface area contributed by atoms with Gasteiger partial charge in [-0.3, -0.25) is 10.1 Å². The lowest BCUT2D eigenvalue weighted by Crippen LogP contribution is -2.39. The third-order valence-electron chi connectivity index (χ3n) is 4.13. The summed E-state index contributed by atoms with van der Waals surface area (Å²) >= 11 is 1.48. The molecule has 2 aromatic carbocycles. The molecule has 1 atom stereocenters. The van der Waals surface area contributed by atoms with E-state index in [1.807, 2.05) is 30.3 Å². The minimum absolute atomic E-state index is 0.314. The molecule has 5 heteroatoms. The second kappa shape index (κ2) is 7.53. The molecule has 1 aliphatic rings. The van der Waals surface area contributed by atoms with E-state index in [0.717, 1.165) is 23.3 Å². The van der Waals surface area contributed by atoms with Crippen molar-refractivity contribution < 1.29 is 9.59 Å². The maximum Gasteiger partial charge on any atom is 0.321 e. The van der Waals surface area contributed by atoms with Crippen LogP contribution in [0.4, 0.5) is 4.79 Å². The number of amides is 3. The van der Waals surface area contributed by atoms with E-state index in [9.17, 15) is 9.59 Å². The number of nitrogens with one attached hydrogen (secondary N) is 2. The van der Waals surface area contributed by atoms with Crippen LogP contribution in [-0.2, 0) is 17.6 Å². The van der Waals surface area contributed by atoms with E-state index in [0.29, 0.717) is 0 Å². The van der Waals surface area contributed by atoms with E-state index >= 15 is 0 Å². The van der Waals surface area contributed by atoms with Crippen LogP contribution in [0.2, 0.25) is 0 Å². The number of hydrogen-bond donors (Lipinski definition) is 2. The van der Waals surface area contributed by atoms with Crippen LogP contribution < -0.4 is 10.6 Å². The first-order chi connectivity index (χ1) is 11.7. The lowest BCUT2D eigenvalue weighted by Gasteiger charge is -2.17. The van der Waals surface area contributed by atoms with Gasteiger partial charge in [-0.25, -0.2) is 4.79 Å². The fourth-order valence-corrected chi connectivity index (χ4v) is 3.99. The maximum atomic E-state index is 12.6. The summed E-state index contributed by atoms with van der Waals surface area (Å²) < 4.78 is 0. The molecule has 4 nitrogen and oxygen atoms in total. The van der Waals surface area contributed by atoms with Gasteiger partial charge in [-0.2, -0.15) is 0 Å². The van der Waals surface area contributed by atoms with E-state index in [1.165, 1.54) is 36.4 Å². The predicted octanol–water partition coefficient (Wildman–Crippen LogP) is 3.46. The molecule has 3 amide bonds. The van der Waals surface area contributed by atoms with Gasteiger partial charge < -0.3 is 5.32 Å². The monoisotopic (exact) mass is 340 g/mol. The SMILES string of the molecule is CNC(=O)NC(=O)[C@@H](Sc1ccc2c(c1)CCC2)c1ccccc1. The van der Waals surface area contributed by atoms with Crippen LogP contribution in [0.5, 0.6) is 0 Å². The topological polar surface area (TPSA) is 58.2 Å². The summed E-state index contributed by atoms with van der Waals surface area (Å²) in [6.07, 6.45) is 3.44. The first-order valence-corrected chi connectivity index (χ1v) is 8.91. The van der Waals surface area contributed by atoms with Crippen LogP contribution in [0, 0.1) is 0 Å². The van der Waals surface area contributed by atoms with Crippen molar-refractivity contribution in [2.45, 2.75) is 29.4 Å². The van der Waals surface area contributed by atoms with Gasteiger partial charge in [0.2, 0.25) is 5.91 Å². The van der Waals surface area contributed by atoms with Crippen molar-refractivity contribution in [3.05, 3.63) is 65.2 Å². The summed E-state index contributed by atoms with van der Waals surface area (Å²) in [7, 11) is 1.49. The average Bonchev–Trinajstić information content (AvgIpc) is 3.08.